The first-order valence-electron chi connectivity index (χ1n) is 13.4. The second-order valence-corrected chi connectivity index (χ2v) is 13.6. The zero-order chi connectivity index (χ0) is 28.7. The SMILES string of the molecule is CC1(C)/C(=C/C=C/C=C/c2[te]c3ccccc3[n+]2C(=O)O)N(CCC(=O)O)c2c1c1ccccc1c1ccccc21. The normalized spacial score (nSPS) is 15.7. The quantitative estimate of drug-likeness (QED) is 0.0916. The van der Waals surface area contributed by atoms with Gasteiger partial charge < -0.3 is 0 Å². The minimum absolute atomic E-state index is 0.0197. The summed E-state index contributed by atoms with van der Waals surface area (Å²) in [5.41, 5.74) is 3.69. The van der Waals surface area contributed by atoms with E-state index < -0.39 is 32.5 Å². The van der Waals surface area contributed by atoms with Gasteiger partial charge in [-0.15, -0.1) is 0 Å². The van der Waals surface area contributed by atoms with Crippen molar-refractivity contribution < 1.29 is 24.4 Å². The third kappa shape index (κ3) is 4.65. The van der Waals surface area contributed by atoms with E-state index in [1.165, 1.54) is 20.9 Å². The number of nitrogens with zero attached hydrogens (tertiary/aromatic N) is 2. The molecule has 1 aromatic heterocycles. The molecule has 2 heterocycles. The first-order chi connectivity index (χ1) is 19.8. The Balaban J connectivity index is 1.44. The molecule has 7 heteroatoms. The van der Waals surface area contributed by atoms with E-state index in [9.17, 15) is 19.8 Å². The molecule has 0 amide bonds. The molecule has 0 radical (unpaired) electrons. The number of anilines is 1. The second kappa shape index (κ2) is 10.7. The summed E-state index contributed by atoms with van der Waals surface area (Å²) in [5.74, 6) is -0.833. The van der Waals surface area contributed by atoms with Gasteiger partial charge in [0.1, 0.15) is 0 Å². The van der Waals surface area contributed by atoms with Crippen molar-refractivity contribution in [2.75, 3.05) is 11.4 Å². The Kier molecular flexibility index (Phi) is 7.02. The van der Waals surface area contributed by atoms with Crippen LogP contribution in [0.5, 0.6) is 0 Å². The summed E-state index contributed by atoms with van der Waals surface area (Å²) in [4.78, 5) is 25.8. The van der Waals surface area contributed by atoms with E-state index in [0.29, 0.717) is 6.54 Å². The number of carboxylic acids is 1. The van der Waals surface area contributed by atoms with Gasteiger partial charge in [-0.2, -0.15) is 0 Å². The van der Waals surface area contributed by atoms with Crippen LogP contribution in [0.4, 0.5) is 10.5 Å². The van der Waals surface area contributed by atoms with Gasteiger partial charge in [-0.1, -0.05) is 12.1 Å². The zero-order valence-corrected chi connectivity index (χ0v) is 25.1. The average molecular weight is 657 g/mol. The summed E-state index contributed by atoms with van der Waals surface area (Å²) in [5, 5.41) is 24.0. The molecule has 6 nitrogen and oxygen atoms in total. The third-order valence-corrected chi connectivity index (χ3v) is 10.8. The van der Waals surface area contributed by atoms with Crippen molar-refractivity contribution in [2.45, 2.75) is 25.7 Å². The fraction of sp³-hybridized carbons (Fsp3) is 0.147. The van der Waals surface area contributed by atoms with Gasteiger partial charge in [-0.3, -0.25) is 0 Å². The molecule has 0 atom stereocenters. The van der Waals surface area contributed by atoms with Crippen molar-refractivity contribution >= 4 is 74.7 Å². The van der Waals surface area contributed by atoms with Crippen LogP contribution < -0.4 is 9.47 Å². The summed E-state index contributed by atoms with van der Waals surface area (Å²) in [7, 11) is 0. The van der Waals surface area contributed by atoms with E-state index in [1.54, 1.807) is 0 Å². The number of hydrogen-bond donors (Lipinski definition) is 2. The molecule has 0 unspecified atom stereocenters. The monoisotopic (exact) mass is 659 g/mol. The molecule has 0 fully saturated rings. The molecular formula is C34H29N2O4Te+. The summed E-state index contributed by atoms with van der Waals surface area (Å²) in [6.07, 6.45) is 8.78. The van der Waals surface area contributed by atoms with E-state index in [4.69, 9.17) is 0 Å². The van der Waals surface area contributed by atoms with Gasteiger partial charge in [0.15, 0.2) is 0 Å². The molecule has 6 rings (SSSR count). The predicted octanol–water partition coefficient (Wildman–Crippen LogP) is 6.74. The van der Waals surface area contributed by atoms with Gasteiger partial charge in [0.25, 0.3) is 0 Å². The maximum absolute atomic E-state index is 12.0. The van der Waals surface area contributed by atoms with Crippen LogP contribution in [0.25, 0.3) is 36.5 Å². The van der Waals surface area contributed by atoms with Crippen molar-refractivity contribution in [1.82, 2.24) is 0 Å². The molecule has 0 aliphatic carbocycles. The molecule has 4 aromatic carbocycles. The van der Waals surface area contributed by atoms with Crippen molar-refractivity contribution in [3.05, 3.63) is 112 Å². The van der Waals surface area contributed by atoms with Crippen LogP contribution in [0.15, 0.2) is 103 Å². The molecule has 0 saturated heterocycles. The molecule has 0 bridgehead atoms. The van der Waals surface area contributed by atoms with Crippen LogP contribution in [0, 0.1) is 0 Å². The zero-order valence-electron chi connectivity index (χ0n) is 22.7. The number of para-hydroxylation sites is 1. The molecule has 0 spiro atoms. The van der Waals surface area contributed by atoms with Crippen LogP contribution in [0.1, 0.15) is 29.5 Å². The average Bonchev–Trinajstić information content (AvgIpc) is 3.44. The Morgan fingerprint density at radius 1 is 0.854 bits per heavy atom. The van der Waals surface area contributed by atoms with E-state index >= 15 is 0 Å². The minimum atomic E-state index is -0.968. The number of carboxylic acid groups (broad SMARTS) is 2. The summed E-state index contributed by atoms with van der Waals surface area (Å²) in [6, 6.07) is 24.5. The Hall–Kier alpha value is -4.18. The number of carbonyl (C=O) groups is 2. The van der Waals surface area contributed by atoms with Crippen LogP contribution in [-0.4, -0.2) is 49.3 Å². The summed E-state index contributed by atoms with van der Waals surface area (Å²) < 4.78 is 3.34. The Labute approximate surface area is 247 Å². The van der Waals surface area contributed by atoms with E-state index in [2.05, 4.69) is 61.2 Å². The van der Waals surface area contributed by atoms with E-state index in [0.717, 1.165) is 34.8 Å². The Morgan fingerprint density at radius 3 is 2.20 bits per heavy atom. The topological polar surface area (TPSA) is 81.7 Å². The van der Waals surface area contributed by atoms with Gasteiger partial charge in [0.05, 0.1) is 0 Å². The van der Waals surface area contributed by atoms with Crippen LogP contribution in [0.3, 0.4) is 0 Å². The number of aromatic nitrogens is 1. The van der Waals surface area contributed by atoms with E-state index in [1.807, 2.05) is 60.7 Å². The predicted molar refractivity (Wildman–Crippen MR) is 165 cm³/mol. The van der Waals surface area contributed by atoms with Gasteiger partial charge in [-0.25, -0.2) is 0 Å². The van der Waals surface area contributed by atoms with Gasteiger partial charge in [0.2, 0.25) is 0 Å². The van der Waals surface area contributed by atoms with Crippen molar-refractivity contribution in [1.29, 1.82) is 0 Å². The fourth-order valence-corrected chi connectivity index (χ4v) is 9.02. The third-order valence-electron chi connectivity index (χ3n) is 7.73. The summed E-state index contributed by atoms with van der Waals surface area (Å²) in [6.45, 7) is 4.76. The van der Waals surface area contributed by atoms with Crippen LogP contribution in [0.2, 0.25) is 0 Å². The fourth-order valence-electron chi connectivity index (χ4n) is 6.02. The first kappa shape index (κ1) is 27.0. The number of allylic oxidation sites excluding steroid dienone is 5. The molecule has 5 aromatic rings. The van der Waals surface area contributed by atoms with Crippen LogP contribution >= 0.6 is 0 Å². The number of fused-ring (bicyclic) bond motifs is 7. The molecule has 2 N–H and O–H groups in total. The molecule has 204 valence electrons. The Bertz CT molecular complexity index is 1950. The molecule has 1 aliphatic rings. The second-order valence-electron chi connectivity index (χ2n) is 10.6. The van der Waals surface area contributed by atoms with Crippen molar-refractivity contribution in [3.63, 3.8) is 0 Å². The molecule has 0 saturated carbocycles. The number of benzene rings is 4. The molecule has 41 heavy (non-hydrogen) atoms. The van der Waals surface area contributed by atoms with Gasteiger partial charge in [-0.05, 0) is 0 Å². The molecule has 1 aliphatic heterocycles. The summed E-state index contributed by atoms with van der Waals surface area (Å²) >= 11 is -0.796. The van der Waals surface area contributed by atoms with Gasteiger partial charge in [0, 0.05) is 0 Å². The van der Waals surface area contributed by atoms with Gasteiger partial charge >= 0.3 is 236 Å². The van der Waals surface area contributed by atoms with Crippen molar-refractivity contribution in [3.8, 4) is 0 Å². The first-order valence-corrected chi connectivity index (χ1v) is 15.8. The standard InChI is InChI=1S/C34H28N2O4Te/c1-34(2)28(18-4-3-5-19-29-36(33(39)40)26-16-10-11-17-27(26)41-29)35(21-20-30(37)38)32-25-15-9-7-13-23(25)22-12-6-8-14-24(22)31(32)34/h3-19H,20-21H2,1-2H3,(H-,37,38,39,40)/p+1. The van der Waals surface area contributed by atoms with Crippen LogP contribution in [-0.2, 0) is 10.2 Å². The van der Waals surface area contributed by atoms with Crippen molar-refractivity contribution in [2.24, 2.45) is 0 Å². The number of rotatable bonds is 6. The Morgan fingerprint density at radius 2 is 1.49 bits per heavy atom. The number of aliphatic carboxylic acids is 1. The number of hydrogen-bond acceptors (Lipinski definition) is 3. The molecular weight excluding hydrogens is 628 g/mol. The maximum atomic E-state index is 12.0. The van der Waals surface area contributed by atoms with E-state index in [-0.39, 0.29) is 11.8 Å².